The van der Waals surface area contributed by atoms with Crippen LogP contribution in [0, 0.1) is 5.92 Å². The van der Waals surface area contributed by atoms with Gasteiger partial charge in [-0.1, -0.05) is 27.2 Å². The van der Waals surface area contributed by atoms with Crippen molar-refractivity contribution in [3.63, 3.8) is 0 Å². The molecule has 2 N–H and O–H groups in total. The molecule has 108 valence electrons. The molecule has 0 saturated carbocycles. The fourth-order valence-electron chi connectivity index (χ4n) is 2.33. The van der Waals surface area contributed by atoms with E-state index in [2.05, 4.69) is 20.8 Å². The van der Waals surface area contributed by atoms with Crippen molar-refractivity contribution >= 4 is 18.3 Å². The fourth-order valence-corrected chi connectivity index (χ4v) is 2.33. The molecular weight excluding hydrogens is 252 g/mol. The predicted molar refractivity (Wildman–Crippen MR) is 75.9 cm³/mol. The van der Waals surface area contributed by atoms with E-state index in [9.17, 15) is 4.79 Å². The Balaban J connectivity index is 0.00000289. The summed E-state index contributed by atoms with van der Waals surface area (Å²) in [5, 5.41) is 0. The first kappa shape index (κ1) is 17.7. The quantitative estimate of drug-likeness (QED) is 0.834. The fraction of sp³-hybridized carbons (Fsp3) is 0.923. The summed E-state index contributed by atoms with van der Waals surface area (Å²) in [6.45, 7) is 8.38. The number of nitrogens with two attached hydrogens (primary N) is 1. The van der Waals surface area contributed by atoms with Gasteiger partial charge in [0.1, 0.15) is 0 Å². The first-order valence-electron chi connectivity index (χ1n) is 6.70. The lowest BCUT2D eigenvalue weighted by Crippen LogP contribution is -2.54. The van der Waals surface area contributed by atoms with Gasteiger partial charge >= 0.3 is 0 Å². The van der Waals surface area contributed by atoms with Crippen molar-refractivity contribution in [1.29, 1.82) is 0 Å². The maximum Gasteiger partial charge on any atom is 0.239 e. The van der Waals surface area contributed by atoms with Gasteiger partial charge in [0.15, 0.2) is 0 Å². The number of halogens is 1. The molecule has 1 heterocycles. The van der Waals surface area contributed by atoms with Gasteiger partial charge < -0.3 is 15.4 Å². The van der Waals surface area contributed by atoms with Crippen molar-refractivity contribution in [2.45, 2.75) is 52.1 Å². The average molecular weight is 279 g/mol. The van der Waals surface area contributed by atoms with Crippen LogP contribution >= 0.6 is 12.4 Å². The molecule has 0 aromatic heterocycles. The maximum atomic E-state index is 12.2. The van der Waals surface area contributed by atoms with Crippen LogP contribution in [-0.2, 0) is 9.53 Å². The summed E-state index contributed by atoms with van der Waals surface area (Å²) in [6.07, 6.45) is 2.71. The molecule has 1 amide bonds. The van der Waals surface area contributed by atoms with Crippen molar-refractivity contribution in [2.24, 2.45) is 11.7 Å². The monoisotopic (exact) mass is 278 g/mol. The van der Waals surface area contributed by atoms with Crippen LogP contribution in [0.5, 0.6) is 0 Å². The minimum absolute atomic E-state index is 0. The van der Waals surface area contributed by atoms with Gasteiger partial charge in [-0.3, -0.25) is 4.79 Å². The summed E-state index contributed by atoms with van der Waals surface area (Å²) in [7, 11) is 0. The summed E-state index contributed by atoms with van der Waals surface area (Å²) in [5.74, 6) is 0.667. The van der Waals surface area contributed by atoms with E-state index in [-0.39, 0.29) is 30.4 Å². The highest BCUT2D eigenvalue weighted by Crippen LogP contribution is 2.17. The number of carbonyl (C=O) groups excluding carboxylic acids is 1. The number of amides is 1. The van der Waals surface area contributed by atoms with Crippen molar-refractivity contribution < 1.29 is 9.53 Å². The van der Waals surface area contributed by atoms with E-state index >= 15 is 0 Å². The van der Waals surface area contributed by atoms with Crippen LogP contribution in [0.4, 0.5) is 0 Å². The van der Waals surface area contributed by atoms with E-state index in [0.29, 0.717) is 25.7 Å². The van der Waals surface area contributed by atoms with Crippen molar-refractivity contribution in [1.82, 2.24) is 4.90 Å². The SMILES string of the molecule is CCCC(N)C(=O)N1CCOCC1CC(C)C.Cl. The Bertz CT molecular complexity index is 249. The van der Waals surface area contributed by atoms with Gasteiger partial charge in [-0.2, -0.15) is 0 Å². The zero-order valence-corrected chi connectivity index (χ0v) is 12.5. The van der Waals surface area contributed by atoms with E-state index in [1.807, 2.05) is 4.90 Å². The Kier molecular flexibility index (Phi) is 8.57. The second-order valence-corrected chi connectivity index (χ2v) is 5.29. The van der Waals surface area contributed by atoms with Gasteiger partial charge in [0.2, 0.25) is 5.91 Å². The molecule has 1 rings (SSSR count). The molecule has 2 atom stereocenters. The first-order valence-corrected chi connectivity index (χ1v) is 6.70. The van der Waals surface area contributed by atoms with Crippen molar-refractivity contribution in [3.05, 3.63) is 0 Å². The number of hydrogen-bond donors (Lipinski definition) is 1. The number of morpholine rings is 1. The zero-order valence-electron chi connectivity index (χ0n) is 11.7. The zero-order chi connectivity index (χ0) is 12.8. The van der Waals surface area contributed by atoms with Crippen LogP contribution in [0.2, 0.25) is 0 Å². The van der Waals surface area contributed by atoms with E-state index < -0.39 is 0 Å². The summed E-state index contributed by atoms with van der Waals surface area (Å²) in [4.78, 5) is 14.2. The summed E-state index contributed by atoms with van der Waals surface area (Å²) in [5.41, 5.74) is 5.92. The lowest BCUT2D eigenvalue weighted by Gasteiger charge is -2.38. The van der Waals surface area contributed by atoms with Gasteiger partial charge in [-0.15, -0.1) is 12.4 Å². The van der Waals surface area contributed by atoms with Crippen LogP contribution in [-0.4, -0.2) is 42.6 Å². The molecule has 0 bridgehead atoms. The number of rotatable bonds is 5. The van der Waals surface area contributed by atoms with E-state index in [1.165, 1.54) is 0 Å². The molecule has 1 aliphatic heterocycles. The topological polar surface area (TPSA) is 55.6 Å². The molecule has 2 unspecified atom stereocenters. The second-order valence-electron chi connectivity index (χ2n) is 5.29. The van der Waals surface area contributed by atoms with E-state index in [0.717, 1.165) is 19.3 Å². The van der Waals surface area contributed by atoms with Gasteiger partial charge in [0.25, 0.3) is 0 Å². The van der Waals surface area contributed by atoms with Crippen LogP contribution < -0.4 is 5.73 Å². The Morgan fingerprint density at radius 3 is 2.72 bits per heavy atom. The number of carbonyl (C=O) groups is 1. The van der Waals surface area contributed by atoms with Crippen molar-refractivity contribution in [3.8, 4) is 0 Å². The van der Waals surface area contributed by atoms with Gasteiger partial charge in [-0.05, 0) is 18.8 Å². The lowest BCUT2D eigenvalue weighted by atomic mass is 10.0. The highest BCUT2D eigenvalue weighted by atomic mass is 35.5. The van der Waals surface area contributed by atoms with Gasteiger partial charge in [0.05, 0.1) is 25.3 Å². The molecule has 0 aromatic carbocycles. The lowest BCUT2D eigenvalue weighted by molar-refractivity contribution is -0.142. The summed E-state index contributed by atoms with van der Waals surface area (Å²) in [6, 6.07) is -0.132. The molecule has 5 heteroatoms. The average Bonchev–Trinajstić information content (AvgIpc) is 2.28. The number of nitrogens with zero attached hydrogens (tertiary/aromatic N) is 1. The Morgan fingerprint density at radius 1 is 1.50 bits per heavy atom. The van der Waals surface area contributed by atoms with Gasteiger partial charge in [-0.25, -0.2) is 0 Å². The predicted octanol–water partition coefficient (Wildman–Crippen LogP) is 1.81. The number of hydrogen-bond acceptors (Lipinski definition) is 3. The Labute approximate surface area is 117 Å². The molecule has 1 fully saturated rings. The Hall–Kier alpha value is -0.320. The highest BCUT2D eigenvalue weighted by molar-refractivity contribution is 5.85. The van der Waals surface area contributed by atoms with Crippen LogP contribution in [0.3, 0.4) is 0 Å². The van der Waals surface area contributed by atoms with E-state index in [4.69, 9.17) is 10.5 Å². The third kappa shape index (κ3) is 5.12. The molecular formula is C13H27ClN2O2. The van der Waals surface area contributed by atoms with Crippen LogP contribution in [0.1, 0.15) is 40.0 Å². The highest BCUT2D eigenvalue weighted by Gasteiger charge is 2.30. The standard InChI is InChI=1S/C13H26N2O2.ClH/c1-4-5-12(14)13(16)15-6-7-17-9-11(15)8-10(2)3;/h10-12H,4-9,14H2,1-3H3;1H. The van der Waals surface area contributed by atoms with Crippen LogP contribution in [0.25, 0.3) is 0 Å². The number of ether oxygens (including phenoxy) is 1. The molecule has 0 aromatic rings. The molecule has 4 nitrogen and oxygen atoms in total. The molecule has 0 spiro atoms. The van der Waals surface area contributed by atoms with Crippen molar-refractivity contribution in [2.75, 3.05) is 19.8 Å². The second kappa shape index (κ2) is 8.73. The molecule has 0 radical (unpaired) electrons. The van der Waals surface area contributed by atoms with E-state index in [1.54, 1.807) is 0 Å². The first-order chi connectivity index (χ1) is 8.06. The molecule has 1 saturated heterocycles. The minimum Gasteiger partial charge on any atom is -0.377 e. The third-order valence-electron chi connectivity index (χ3n) is 3.17. The summed E-state index contributed by atoms with van der Waals surface area (Å²) >= 11 is 0. The van der Waals surface area contributed by atoms with Crippen LogP contribution in [0.15, 0.2) is 0 Å². The molecule has 0 aliphatic carbocycles. The largest absolute Gasteiger partial charge is 0.377 e. The third-order valence-corrected chi connectivity index (χ3v) is 3.17. The normalized spacial score (nSPS) is 21.6. The molecule has 1 aliphatic rings. The Morgan fingerprint density at radius 2 is 2.17 bits per heavy atom. The molecule has 18 heavy (non-hydrogen) atoms. The smallest absolute Gasteiger partial charge is 0.239 e. The maximum absolute atomic E-state index is 12.2. The summed E-state index contributed by atoms with van der Waals surface area (Å²) < 4.78 is 5.47. The minimum atomic E-state index is -0.340. The van der Waals surface area contributed by atoms with Gasteiger partial charge in [0, 0.05) is 6.54 Å².